The number of anilines is 2. The van der Waals surface area contributed by atoms with E-state index in [1.165, 1.54) is 13.4 Å². The molecule has 2 aromatic carbocycles. The van der Waals surface area contributed by atoms with Gasteiger partial charge in [0.1, 0.15) is 11.5 Å². The maximum atomic E-state index is 12.5. The van der Waals surface area contributed by atoms with Crippen LogP contribution in [0, 0.1) is 0 Å². The van der Waals surface area contributed by atoms with E-state index < -0.39 is 5.91 Å². The van der Waals surface area contributed by atoms with Gasteiger partial charge in [-0.25, -0.2) is 0 Å². The van der Waals surface area contributed by atoms with Crippen molar-refractivity contribution in [2.75, 3.05) is 24.4 Å². The molecule has 172 valence electrons. The lowest BCUT2D eigenvalue weighted by molar-refractivity contribution is 0.0975. The quantitative estimate of drug-likeness (QED) is 0.306. The normalized spacial score (nSPS) is 10.2. The van der Waals surface area contributed by atoms with Crippen LogP contribution in [0.1, 0.15) is 40.7 Å². The fourth-order valence-corrected chi connectivity index (χ4v) is 3.05. The van der Waals surface area contributed by atoms with Gasteiger partial charge in [-0.2, -0.15) is 0 Å². The second-order valence-corrected chi connectivity index (χ2v) is 7.39. The van der Waals surface area contributed by atoms with Crippen molar-refractivity contribution in [3.05, 3.63) is 72.2 Å². The van der Waals surface area contributed by atoms with Gasteiger partial charge < -0.3 is 24.5 Å². The molecule has 0 saturated heterocycles. The van der Waals surface area contributed by atoms with Crippen molar-refractivity contribution >= 4 is 40.5 Å². The molecule has 2 amide bonds. The standard InChI is InChI=1S/C24H25N3O5S/c1-3-4-13-31-18-10-7-16(8-11-18)22(28)27-24(33)26-19-15-17(9-12-20(19)30-2)25-23(29)21-6-5-14-32-21/h5-12,14-15H,3-4,13H2,1-2H3,(H,25,29)(H2,26,27,28,33). The van der Waals surface area contributed by atoms with Gasteiger partial charge in [0.15, 0.2) is 10.9 Å². The smallest absolute Gasteiger partial charge is 0.291 e. The van der Waals surface area contributed by atoms with Crippen LogP contribution in [0.2, 0.25) is 0 Å². The Morgan fingerprint density at radius 1 is 1.03 bits per heavy atom. The molecule has 1 heterocycles. The highest BCUT2D eigenvalue weighted by molar-refractivity contribution is 7.80. The van der Waals surface area contributed by atoms with Gasteiger partial charge in [0, 0.05) is 11.3 Å². The van der Waals surface area contributed by atoms with Gasteiger partial charge in [0.05, 0.1) is 25.7 Å². The fraction of sp³-hybridized carbons (Fsp3) is 0.208. The SMILES string of the molecule is CCCCOc1ccc(C(=O)NC(=S)Nc2cc(NC(=O)c3ccco3)ccc2OC)cc1. The molecule has 3 aromatic rings. The van der Waals surface area contributed by atoms with Crippen molar-refractivity contribution in [2.45, 2.75) is 19.8 Å². The van der Waals surface area contributed by atoms with E-state index in [4.69, 9.17) is 26.1 Å². The molecule has 8 nitrogen and oxygen atoms in total. The zero-order valence-corrected chi connectivity index (χ0v) is 19.2. The van der Waals surface area contributed by atoms with E-state index in [0.717, 1.165) is 12.8 Å². The third kappa shape index (κ3) is 6.81. The molecule has 0 spiro atoms. The summed E-state index contributed by atoms with van der Waals surface area (Å²) in [5.41, 5.74) is 1.40. The molecule has 0 aliphatic carbocycles. The molecular formula is C24H25N3O5S. The fourth-order valence-electron chi connectivity index (χ4n) is 2.85. The van der Waals surface area contributed by atoms with Gasteiger partial charge in [0.25, 0.3) is 11.8 Å². The zero-order chi connectivity index (χ0) is 23.6. The number of nitrogens with one attached hydrogen (secondary N) is 3. The number of methoxy groups -OCH3 is 1. The van der Waals surface area contributed by atoms with E-state index in [2.05, 4.69) is 22.9 Å². The molecule has 0 aliphatic heterocycles. The highest BCUT2D eigenvalue weighted by atomic mass is 32.1. The second-order valence-electron chi connectivity index (χ2n) is 6.98. The zero-order valence-electron chi connectivity index (χ0n) is 18.3. The van der Waals surface area contributed by atoms with Crippen LogP contribution < -0.4 is 25.4 Å². The number of hydrogen-bond donors (Lipinski definition) is 3. The van der Waals surface area contributed by atoms with Crippen LogP contribution >= 0.6 is 12.2 Å². The van der Waals surface area contributed by atoms with Crippen LogP contribution in [0.25, 0.3) is 0 Å². The predicted molar refractivity (Wildman–Crippen MR) is 130 cm³/mol. The molecule has 33 heavy (non-hydrogen) atoms. The number of carbonyl (C=O) groups excluding carboxylic acids is 2. The van der Waals surface area contributed by atoms with Crippen molar-refractivity contribution in [1.29, 1.82) is 0 Å². The minimum absolute atomic E-state index is 0.0797. The Balaban J connectivity index is 1.61. The van der Waals surface area contributed by atoms with E-state index in [0.29, 0.717) is 35.0 Å². The monoisotopic (exact) mass is 467 g/mol. The topological polar surface area (TPSA) is 102 Å². The molecule has 9 heteroatoms. The predicted octanol–water partition coefficient (Wildman–Crippen LogP) is 4.85. The number of thiocarbonyl (C=S) groups is 1. The lowest BCUT2D eigenvalue weighted by atomic mass is 10.2. The molecule has 0 radical (unpaired) electrons. The summed E-state index contributed by atoms with van der Waals surface area (Å²) in [6.07, 6.45) is 3.44. The van der Waals surface area contributed by atoms with Crippen LogP contribution in [0.5, 0.6) is 11.5 Å². The summed E-state index contributed by atoms with van der Waals surface area (Å²) in [6, 6.07) is 15.0. The van der Waals surface area contributed by atoms with Gasteiger partial charge in [-0.05, 0) is 73.2 Å². The number of carbonyl (C=O) groups is 2. The molecular weight excluding hydrogens is 442 g/mol. The lowest BCUT2D eigenvalue weighted by Gasteiger charge is -2.14. The molecule has 3 rings (SSSR count). The summed E-state index contributed by atoms with van der Waals surface area (Å²) >= 11 is 5.29. The molecule has 0 bridgehead atoms. The Morgan fingerprint density at radius 3 is 2.48 bits per heavy atom. The first-order valence-electron chi connectivity index (χ1n) is 10.4. The number of ether oxygens (including phenoxy) is 2. The van der Waals surface area contributed by atoms with E-state index >= 15 is 0 Å². The highest BCUT2D eigenvalue weighted by Crippen LogP contribution is 2.28. The number of amides is 2. The van der Waals surface area contributed by atoms with Gasteiger partial charge >= 0.3 is 0 Å². The average molecular weight is 468 g/mol. The Labute approximate surface area is 197 Å². The van der Waals surface area contributed by atoms with Gasteiger partial charge in [0.2, 0.25) is 0 Å². The molecule has 0 atom stereocenters. The lowest BCUT2D eigenvalue weighted by Crippen LogP contribution is -2.34. The summed E-state index contributed by atoms with van der Waals surface area (Å²) < 4.78 is 16.0. The third-order valence-electron chi connectivity index (χ3n) is 4.56. The number of unbranched alkanes of at least 4 members (excludes halogenated alkanes) is 1. The van der Waals surface area contributed by atoms with Crippen molar-refractivity contribution in [3.63, 3.8) is 0 Å². The van der Waals surface area contributed by atoms with E-state index in [1.807, 2.05) is 0 Å². The summed E-state index contributed by atoms with van der Waals surface area (Å²) in [7, 11) is 1.51. The van der Waals surface area contributed by atoms with Crippen molar-refractivity contribution < 1.29 is 23.5 Å². The minimum Gasteiger partial charge on any atom is -0.495 e. The molecule has 3 N–H and O–H groups in total. The van der Waals surface area contributed by atoms with Gasteiger partial charge in [-0.1, -0.05) is 13.3 Å². The maximum Gasteiger partial charge on any atom is 0.291 e. The Morgan fingerprint density at radius 2 is 1.82 bits per heavy atom. The van der Waals surface area contributed by atoms with Crippen molar-refractivity contribution in [2.24, 2.45) is 0 Å². The van der Waals surface area contributed by atoms with Crippen LogP contribution in [0.15, 0.2) is 65.3 Å². The van der Waals surface area contributed by atoms with Gasteiger partial charge in [-0.3, -0.25) is 14.9 Å². The summed E-state index contributed by atoms with van der Waals surface area (Å²) in [5, 5.41) is 8.37. The first-order chi connectivity index (χ1) is 16.0. The summed E-state index contributed by atoms with van der Waals surface area (Å²) in [5.74, 6) is 0.614. The highest BCUT2D eigenvalue weighted by Gasteiger charge is 2.13. The van der Waals surface area contributed by atoms with E-state index in [-0.39, 0.29) is 16.8 Å². The average Bonchev–Trinajstić information content (AvgIpc) is 3.35. The number of rotatable bonds is 9. The first kappa shape index (κ1) is 23.8. The molecule has 0 aliphatic rings. The summed E-state index contributed by atoms with van der Waals surface area (Å²) in [4.78, 5) is 24.8. The molecule has 1 aromatic heterocycles. The Bertz CT molecular complexity index is 1100. The molecule has 0 saturated carbocycles. The second kappa shape index (κ2) is 11.7. The summed E-state index contributed by atoms with van der Waals surface area (Å²) in [6.45, 7) is 2.73. The van der Waals surface area contributed by atoms with Crippen LogP contribution in [-0.4, -0.2) is 30.6 Å². The van der Waals surface area contributed by atoms with Crippen LogP contribution in [0.3, 0.4) is 0 Å². The van der Waals surface area contributed by atoms with Gasteiger partial charge in [-0.15, -0.1) is 0 Å². The first-order valence-corrected chi connectivity index (χ1v) is 10.8. The maximum absolute atomic E-state index is 12.5. The minimum atomic E-state index is -0.394. The third-order valence-corrected chi connectivity index (χ3v) is 4.76. The number of hydrogen-bond acceptors (Lipinski definition) is 6. The van der Waals surface area contributed by atoms with E-state index in [9.17, 15) is 9.59 Å². The Hall–Kier alpha value is -3.85. The van der Waals surface area contributed by atoms with Crippen LogP contribution in [0.4, 0.5) is 11.4 Å². The number of benzene rings is 2. The van der Waals surface area contributed by atoms with Crippen LogP contribution in [-0.2, 0) is 0 Å². The van der Waals surface area contributed by atoms with E-state index in [1.54, 1.807) is 54.6 Å². The molecule has 0 fully saturated rings. The largest absolute Gasteiger partial charge is 0.495 e. The van der Waals surface area contributed by atoms with Crippen molar-refractivity contribution in [1.82, 2.24) is 5.32 Å². The number of furan rings is 1. The van der Waals surface area contributed by atoms with Crippen molar-refractivity contribution in [3.8, 4) is 11.5 Å². The Kier molecular flexibility index (Phi) is 8.43. The molecule has 0 unspecified atom stereocenters.